The minimum atomic E-state index is -4.33. The number of halogens is 3. The standard InChI is InChI=1S/C12H18F3NO/c1-5-10(2,3)16-8-6-11(17-4,7-9-16)12(13,14)15/h1H,6-9H2,2-4H3. The second-order valence-electron chi connectivity index (χ2n) is 4.89. The van der Waals surface area contributed by atoms with Gasteiger partial charge in [-0.2, -0.15) is 13.2 Å². The molecule has 0 amide bonds. The van der Waals surface area contributed by atoms with Crippen LogP contribution in [0.5, 0.6) is 0 Å². The van der Waals surface area contributed by atoms with Crippen LogP contribution < -0.4 is 0 Å². The van der Waals surface area contributed by atoms with Gasteiger partial charge < -0.3 is 4.74 Å². The van der Waals surface area contributed by atoms with E-state index in [9.17, 15) is 13.2 Å². The van der Waals surface area contributed by atoms with Crippen LogP contribution >= 0.6 is 0 Å². The number of methoxy groups -OCH3 is 1. The van der Waals surface area contributed by atoms with Gasteiger partial charge in [-0.25, -0.2) is 0 Å². The van der Waals surface area contributed by atoms with E-state index in [0.717, 1.165) is 7.11 Å². The number of nitrogens with zero attached hydrogens (tertiary/aromatic N) is 1. The average molecular weight is 249 g/mol. The van der Waals surface area contributed by atoms with Crippen molar-refractivity contribution >= 4 is 0 Å². The molecular weight excluding hydrogens is 231 g/mol. The fourth-order valence-corrected chi connectivity index (χ4v) is 2.12. The highest BCUT2D eigenvalue weighted by Gasteiger charge is 2.57. The van der Waals surface area contributed by atoms with Crippen molar-refractivity contribution in [1.29, 1.82) is 0 Å². The van der Waals surface area contributed by atoms with E-state index in [0.29, 0.717) is 13.1 Å². The predicted molar refractivity (Wildman–Crippen MR) is 59.5 cm³/mol. The van der Waals surface area contributed by atoms with Gasteiger partial charge in [0.05, 0.1) is 5.54 Å². The van der Waals surface area contributed by atoms with Crippen LogP contribution in [-0.4, -0.2) is 42.4 Å². The van der Waals surface area contributed by atoms with Crippen molar-refractivity contribution in [3.63, 3.8) is 0 Å². The molecule has 0 aliphatic carbocycles. The van der Waals surface area contributed by atoms with E-state index >= 15 is 0 Å². The molecule has 1 rings (SSSR count). The summed E-state index contributed by atoms with van der Waals surface area (Å²) in [4.78, 5) is 1.88. The molecule has 1 fully saturated rings. The van der Waals surface area contributed by atoms with Gasteiger partial charge >= 0.3 is 6.18 Å². The normalized spacial score (nSPS) is 22.2. The summed E-state index contributed by atoms with van der Waals surface area (Å²) in [5.41, 5.74) is -2.51. The lowest BCUT2D eigenvalue weighted by atomic mass is 9.88. The fourth-order valence-electron chi connectivity index (χ4n) is 2.12. The van der Waals surface area contributed by atoms with Gasteiger partial charge in [0.2, 0.25) is 0 Å². The van der Waals surface area contributed by atoms with Gasteiger partial charge in [0.25, 0.3) is 0 Å². The molecule has 0 atom stereocenters. The third-order valence-electron chi connectivity index (χ3n) is 3.62. The molecule has 0 radical (unpaired) electrons. The van der Waals surface area contributed by atoms with Crippen molar-refractivity contribution in [1.82, 2.24) is 4.90 Å². The van der Waals surface area contributed by atoms with Crippen LogP contribution in [0.15, 0.2) is 0 Å². The second-order valence-corrected chi connectivity index (χ2v) is 4.89. The lowest BCUT2D eigenvalue weighted by Crippen LogP contribution is -2.58. The van der Waals surface area contributed by atoms with E-state index in [1.807, 2.05) is 18.7 Å². The van der Waals surface area contributed by atoms with Crippen LogP contribution in [0.25, 0.3) is 0 Å². The quantitative estimate of drug-likeness (QED) is 0.697. The maximum absolute atomic E-state index is 12.9. The topological polar surface area (TPSA) is 12.5 Å². The van der Waals surface area contributed by atoms with Gasteiger partial charge in [-0.15, -0.1) is 6.42 Å². The average Bonchev–Trinajstić information content (AvgIpc) is 2.27. The smallest absolute Gasteiger partial charge is 0.369 e. The van der Waals surface area contributed by atoms with E-state index in [2.05, 4.69) is 5.92 Å². The van der Waals surface area contributed by atoms with Gasteiger partial charge in [0.1, 0.15) is 0 Å². The van der Waals surface area contributed by atoms with Crippen molar-refractivity contribution in [2.45, 2.75) is 44.0 Å². The molecule has 1 aliphatic heterocycles. The summed E-state index contributed by atoms with van der Waals surface area (Å²) in [6.07, 6.45) is 0.910. The number of piperidine rings is 1. The Kier molecular flexibility index (Phi) is 3.80. The number of hydrogen-bond acceptors (Lipinski definition) is 2. The van der Waals surface area contributed by atoms with Crippen LogP contribution in [0.4, 0.5) is 13.2 Å². The van der Waals surface area contributed by atoms with Gasteiger partial charge in [0, 0.05) is 20.2 Å². The predicted octanol–water partition coefficient (Wildman–Crippen LogP) is 2.44. The van der Waals surface area contributed by atoms with Crippen LogP contribution in [0.1, 0.15) is 26.7 Å². The molecule has 0 aromatic rings. The highest BCUT2D eigenvalue weighted by atomic mass is 19.4. The maximum Gasteiger partial charge on any atom is 0.417 e. The molecule has 0 bridgehead atoms. The fraction of sp³-hybridized carbons (Fsp3) is 0.833. The number of alkyl halides is 3. The van der Waals surface area contributed by atoms with E-state index in [1.54, 1.807) is 0 Å². The first-order valence-electron chi connectivity index (χ1n) is 5.53. The van der Waals surface area contributed by atoms with Crippen LogP contribution in [0.3, 0.4) is 0 Å². The SMILES string of the molecule is C#CC(C)(C)N1CCC(OC)(C(F)(F)F)CC1. The zero-order chi connectivity index (χ0) is 13.3. The van der Waals surface area contributed by atoms with Gasteiger partial charge in [-0.05, 0) is 26.7 Å². The molecule has 5 heteroatoms. The monoisotopic (exact) mass is 249 g/mol. The Labute approximate surface area is 100 Å². The van der Waals surface area contributed by atoms with Gasteiger partial charge in [0.15, 0.2) is 5.60 Å². The maximum atomic E-state index is 12.9. The van der Waals surface area contributed by atoms with Gasteiger partial charge in [-0.1, -0.05) is 5.92 Å². The molecule has 0 unspecified atom stereocenters. The van der Waals surface area contributed by atoms with Crippen LogP contribution in [0.2, 0.25) is 0 Å². The molecule has 0 N–H and O–H groups in total. The second kappa shape index (κ2) is 4.51. The third kappa shape index (κ3) is 2.58. The Morgan fingerprint density at radius 2 is 1.71 bits per heavy atom. The molecule has 0 spiro atoms. The lowest BCUT2D eigenvalue weighted by molar-refractivity contribution is -0.283. The number of terminal acetylenes is 1. The Morgan fingerprint density at radius 3 is 2.00 bits per heavy atom. The summed E-state index contributed by atoms with van der Waals surface area (Å²) >= 11 is 0. The number of rotatable bonds is 2. The first kappa shape index (κ1) is 14.3. The number of likely N-dealkylation sites (tertiary alicyclic amines) is 1. The third-order valence-corrected chi connectivity index (χ3v) is 3.62. The van der Waals surface area contributed by atoms with Crippen molar-refractivity contribution < 1.29 is 17.9 Å². The van der Waals surface area contributed by atoms with Crippen LogP contribution in [0, 0.1) is 12.3 Å². The molecule has 1 aliphatic rings. The molecule has 0 aromatic heterocycles. The van der Waals surface area contributed by atoms with E-state index in [-0.39, 0.29) is 12.8 Å². The summed E-state index contributed by atoms with van der Waals surface area (Å²) in [7, 11) is 1.12. The summed E-state index contributed by atoms with van der Waals surface area (Å²) in [5.74, 6) is 2.60. The van der Waals surface area contributed by atoms with Crippen molar-refractivity contribution in [2.24, 2.45) is 0 Å². The molecule has 98 valence electrons. The molecule has 1 heterocycles. The lowest BCUT2D eigenvalue weighted by Gasteiger charge is -2.45. The molecular formula is C12H18F3NO. The summed E-state index contributed by atoms with van der Waals surface area (Å²) < 4.78 is 43.5. The number of hydrogen-bond donors (Lipinski definition) is 0. The molecule has 0 saturated carbocycles. The highest BCUT2D eigenvalue weighted by molar-refractivity contribution is 5.10. The Morgan fingerprint density at radius 1 is 1.24 bits per heavy atom. The minimum absolute atomic E-state index is 0.0713. The molecule has 2 nitrogen and oxygen atoms in total. The molecule has 1 saturated heterocycles. The van der Waals surface area contributed by atoms with Gasteiger partial charge in [-0.3, -0.25) is 4.90 Å². The molecule has 17 heavy (non-hydrogen) atoms. The summed E-state index contributed by atoms with van der Waals surface area (Å²) in [6, 6.07) is 0. The Balaban J connectivity index is 2.77. The van der Waals surface area contributed by atoms with E-state index in [4.69, 9.17) is 11.2 Å². The van der Waals surface area contributed by atoms with E-state index in [1.165, 1.54) is 0 Å². The van der Waals surface area contributed by atoms with E-state index < -0.39 is 17.3 Å². The summed E-state index contributed by atoms with van der Waals surface area (Å²) in [6.45, 7) is 4.26. The zero-order valence-electron chi connectivity index (χ0n) is 10.4. The largest absolute Gasteiger partial charge is 0.417 e. The summed E-state index contributed by atoms with van der Waals surface area (Å²) in [5, 5.41) is 0. The minimum Gasteiger partial charge on any atom is -0.369 e. The van der Waals surface area contributed by atoms with Crippen molar-refractivity contribution in [3.8, 4) is 12.3 Å². The Bertz CT molecular complexity index is 309. The number of ether oxygens (including phenoxy) is 1. The first-order valence-corrected chi connectivity index (χ1v) is 5.53. The van der Waals surface area contributed by atoms with Crippen molar-refractivity contribution in [2.75, 3.05) is 20.2 Å². The zero-order valence-corrected chi connectivity index (χ0v) is 10.4. The molecule has 0 aromatic carbocycles. The highest BCUT2D eigenvalue weighted by Crippen LogP contribution is 2.42. The van der Waals surface area contributed by atoms with Crippen LogP contribution in [-0.2, 0) is 4.74 Å². The van der Waals surface area contributed by atoms with Crippen molar-refractivity contribution in [3.05, 3.63) is 0 Å². The Hall–Kier alpha value is -0.730. The first-order chi connectivity index (χ1) is 7.68.